The highest BCUT2D eigenvalue weighted by Gasteiger charge is 2.31. The third-order valence-corrected chi connectivity index (χ3v) is 2.35. The molecule has 0 atom stereocenters. The summed E-state index contributed by atoms with van der Waals surface area (Å²) in [6.07, 6.45) is 4.30. The lowest BCUT2D eigenvalue weighted by Crippen LogP contribution is -2.33. The van der Waals surface area contributed by atoms with Crippen LogP contribution in [0.25, 0.3) is 0 Å². The molecule has 0 saturated heterocycles. The van der Waals surface area contributed by atoms with Gasteiger partial charge in [0.15, 0.2) is 0 Å². The number of aryl methyl sites for hydroxylation is 1. The summed E-state index contributed by atoms with van der Waals surface area (Å²) in [5.74, 6) is 0. The Balaban J connectivity index is 1.96. The summed E-state index contributed by atoms with van der Waals surface area (Å²) in [5.41, 5.74) is 0.982. The Morgan fingerprint density at radius 3 is 2.83 bits per heavy atom. The summed E-state index contributed by atoms with van der Waals surface area (Å²) in [5, 5.41) is 8.41. The highest BCUT2D eigenvalue weighted by molar-refractivity contribution is 4.89. The molecule has 0 N–H and O–H groups in total. The molecule has 0 bridgehead atoms. The zero-order chi connectivity index (χ0) is 8.55. The summed E-state index contributed by atoms with van der Waals surface area (Å²) >= 11 is 0. The summed E-state index contributed by atoms with van der Waals surface area (Å²) in [6.45, 7) is 1.95. The SMILES string of the molecule is COC1CC(n2ncc(C)n2)C1. The van der Waals surface area contributed by atoms with Crippen LogP contribution in [0.2, 0.25) is 0 Å². The van der Waals surface area contributed by atoms with E-state index in [0.29, 0.717) is 12.1 Å². The Bertz CT molecular complexity index is 265. The van der Waals surface area contributed by atoms with E-state index in [-0.39, 0.29) is 0 Å². The third kappa shape index (κ3) is 1.22. The van der Waals surface area contributed by atoms with E-state index >= 15 is 0 Å². The van der Waals surface area contributed by atoms with Crippen molar-refractivity contribution in [1.82, 2.24) is 15.0 Å². The second-order valence-electron chi connectivity index (χ2n) is 3.29. The molecule has 1 fully saturated rings. The van der Waals surface area contributed by atoms with Crippen molar-refractivity contribution in [2.75, 3.05) is 7.11 Å². The van der Waals surface area contributed by atoms with Crippen LogP contribution in [0, 0.1) is 6.92 Å². The van der Waals surface area contributed by atoms with Crippen LogP contribution in [0.1, 0.15) is 24.6 Å². The van der Waals surface area contributed by atoms with Gasteiger partial charge in [-0.15, -0.1) is 0 Å². The van der Waals surface area contributed by atoms with Crippen molar-refractivity contribution in [3.63, 3.8) is 0 Å². The number of aromatic nitrogens is 3. The number of hydrogen-bond acceptors (Lipinski definition) is 3. The van der Waals surface area contributed by atoms with Gasteiger partial charge in [0, 0.05) is 7.11 Å². The van der Waals surface area contributed by atoms with E-state index in [9.17, 15) is 0 Å². The number of hydrogen-bond donors (Lipinski definition) is 0. The molecule has 0 radical (unpaired) electrons. The standard InChI is InChI=1S/C8H13N3O/c1-6-5-9-11(10-6)7-3-8(4-7)12-2/h5,7-8H,3-4H2,1-2H3. The molecule has 1 aliphatic carbocycles. The first-order valence-electron chi connectivity index (χ1n) is 4.21. The molecular formula is C8H13N3O. The molecule has 1 aromatic heterocycles. The predicted molar refractivity (Wildman–Crippen MR) is 43.8 cm³/mol. The van der Waals surface area contributed by atoms with Crippen LogP contribution >= 0.6 is 0 Å². The van der Waals surface area contributed by atoms with E-state index in [4.69, 9.17) is 4.74 Å². The third-order valence-electron chi connectivity index (χ3n) is 2.35. The van der Waals surface area contributed by atoms with Crippen molar-refractivity contribution in [1.29, 1.82) is 0 Å². The van der Waals surface area contributed by atoms with E-state index in [2.05, 4.69) is 10.2 Å². The molecule has 1 saturated carbocycles. The topological polar surface area (TPSA) is 39.9 Å². The summed E-state index contributed by atoms with van der Waals surface area (Å²) in [4.78, 5) is 1.80. The molecule has 0 spiro atoms. The number of rotatable bonds is 2. The maximum atomic E-state index is 5.18. The predicted octanol–water partition coefficient (Wildman–Crippen LogP) is 0.936. The maximum absolute atomic E-state index is 5.18. The Morgan fingerprint density at radius 2 is 2.33 bits per heavy atom. The molecule has 1 aliphatic rings. The van der Waals surface area contributed by atoms with Crippen LogP contribution in [0.15, 0.2) is 6.20 Å². The maximum Gasteiger partial charge on any atom is 0.0796 e. The fourth-order valence-electron chi connectivity index (χ4n) is 1.45. The molecule has 0 unspecified atom stereocenters. The van der Waals surface area contributed by atoms with Gasteiger partial charge >= 0.3 is 0 Å². The Morgan fingerprint density at radius 1 is 1.58 bits per heavy atom. The molecule has 66 valence electrons. The van der Waals surface area contributed by atoms with Crippen molar-refractivity contribution >= 4 is 0 Å². The minimum Gasteiger partial charge on any atom is -0.381 e. The van der Waals surface area contributed by atoms with E-state index < -0.39 is 0 Å². The summed E-state index contributed by atoms with van der Waals surface area (Å²) in [7, 11) is 1.75. The Kier molecular flexibility index (Phi) is 1.84. The van der Waals surface area contributed by atoms with Crippen LogP contribution < -0.4 is 0 Å². The monoisotopic (exact) mass is 167 g/mol. The van der Waals surface area contributed by atoms with Crippen LogP contribution in [0.5, 0.6) is 0 Å². The Labute approximate surface area is 71.5 Å². The van der Waals surface area contributed by atoms with E-state index in [1.54, 1.807) is 18.1 Å². The molecule has 4 heteroatoms. The lowest BCUT2D eigenvalue weighted by molar-refractivity contribution is -0.00203. The molecule has 0 aromatic carbocycles. The van der Waals surface area contributed by atoms with Gasteiger partial charge in [0.25, 0.3) is 0 Å². The molecular weight excluding hydrogens is 154 g/mol. The van der Waals surface area contributed by atoms with Gasteiger partial charge in [0.05, 0.1) is 24.0 Å². The fourth-order valence-corrected chi connectivity index (χ4v) is 1.45. The van der Waals surface area contributed by atoms with Crippen LogP contribution in [-0.4, -0.2) is 28.2 Å². The minimum atomic E-state index is 0.418. The number of methoxy groups -OCH3 is 1. The molecule has 2 rings (SSSR count). The molecule has 0 amide bonds. The summed E-state index contributed by atoms with van der Waals surface area (Å²) in [6, 6.07) is 0.462. The van der Waals surface area contributed by atoms with Gasteiger partial charge in [0.1, 0.15) is 0 Å². The molecule has 12 heavy (non-hydrogen) atoms. The second kappa shape index (κ2) is 2.86. The molecule has 1 heterocycles. The first-order valence-corrected chi connectivity index (χ1v) is 4.21. The zero-order valence-electron chi connectivity index (χ0n) is 7.40. The fraction of sp³-hybridized carbons (Fsp3) is 0.750. The van der Waals surface area contributed by atoms with Crippen molar-refractivity contribution in [3.05, 3.63) is 11.9 Å². The normalized spacial score (nSPS) is 28.5. The van der Waals surface area contributed by atoms with Gasteiger partial charge in [-0.3, -0.25) is 0 Å². The highest BCUT2D eigenvalue weighted by atomic mass is 16.5. The van der Waals surface area contributed by atoms with E-state index in [1.165, 1.54) is 0 Å². The first kappa shape index (κ1) is 7.73. The van der Waals surface area contributed by atoms with Crippen molar-refractivity contribution in [2.24, 2.45) is 0 Å². The van der Waals surface area contributed by atoms with Gasteiger partial charge in [-0.2, -0.15) is 15.0 Å². The minimum absolute atomic E-state index is 0.418. The van der Waals surface area contributed by atoms with E-state index in [1.807, 2.05) is 6.92 Å². The number of nitrogens with zero attached hydrogens (tertiary/aromatic N) is 3. The van der Waals surface area contributed by atoms with Gasteiger partial charge in [-0.05, 0) is 19.8 Å². The zero-order valence-corrected chi connectivity index (χ0v) is 7.40. The van der Waals surface area contributed by atoms with E-state index in [0.717, 1.165) is 18.5 Å². The van der Waals surface area contributed by atoms with Crippen LogP contribution in [0.4, 0.5) is 0 Å². The smallest absolute Gasteiger partial charge is 0.0796 e. The van der Waals surface area contributed by atoms with Crippen LogP contribution in [-0.2, 0) is 4.74 Å². The highest BCUT2D eigenvalue weighted by Crippen LogP contribution is 2.32. The first-order chi connectivity index (χ1) is 5.79. The summed E-state index contributed by atoms with van der Waals surface area (Å²) < 4.78 is 5.18. The van der Waals surface area contributed by atoms with Gasteiger partial charge in [0.2, 0.25) is 0 Å². The van der Waals surface area contributed by atoms with Crippen molar-refractivity contribution in [2.45, 2.75) is 31.9 Å². The second-order valence-corrected chi connectivity index (χ2v) is 3.29. The largest absolute Gasteiger partial charge is 0.381 e. The van der Waals surface area contributed by atoms with Gasteiger partial charge in [-0.25, -0.2) is 0 Å². The van der Waals surface area contributed by atoms with Crippen molar-refractivity contribution in [3.8, 4) is 0 Å². The molecule has 1 aromatic rings. The lowest BCUT2D eigenvalue weighted by Gasteiger charge is -2.32. The average Bonchev–Trinajstić information content (AvgIpc) is 2.34. The Hall–Kier alpha value is -0.900. The lowest BCUT2D eigenvalue weighted by atomic mass is 9.90. The van der Waals surface area contributed by atoms with Crippen molar-refractivity contribution < 1.29 is 4.74 Å². The average molecular weight is 167 g/mol. The molecule has 0 aliphatic heterocycles. The van der Waals surface area contributed by atoms with Crippen LogP contribution in [0.3, 0.4) is 0 Å². The quantitative estimate of drug-likeness (QED) is 0.658. The van der Waals surface area contributed by atoms with Gasteiger partial charge in [-0.1, -0.05) is 0 Å². The number of ether oxygens (including phenoxy) is 1. The van der Waals surface area contributed by atoms with Gasteiger partial charge < -0.3 is 4.74 Å². The molecule has 4 nitrogen and oxygen atoms in total.